The summed E-state index contributed by atoms with van der Waals surface area (Å²) in [6.07, 6.45) is -8.39. The fourth-order valence-corrected chi connectivity index (χ4v) is 3.74. The minimum Gasteiger partial charge on any atom is -0.376 e. The summed E-state index contributed by atoms with van der Waals surface area (Å²) in [5.41, 5.74) is -2.11. The van der Waals surface area contributed by atoms with Gasteiger partial charge in [0, 0.05) is 28.5 Å². The number of hydrogen-bond acceptors (Lipinski definition) is 4. The van der Waals surface area contributed by atoms with Gasteiger partial charge in [0.25, 0.3) is 0 Å². The molecule has 2 aromatic heterocycles. The lowest BCUT2D eigenvalue weighted by atomic mass is 10.0. The van der Waals surface area contributed by atoms with Crippen LogP contribution in [0.1, 0.15) is 34.1 Å². The number of nitrogens with zero attached hydrogens (tertiary/aromatic N) is 4. The molecular formula is C25H15ClF6N4O. The molecule has 0 spiro atoms. The summed E-state index contributed by atoms with van der Waals surface area (Å²) in [6.45, 7) is -0.466. The van der Waals surface area contributed by atoms with E-state index in [0.29, 0.717) is 23.3 Å². The highest BCUT2D eigenvalue weighted by Crippen LogP contribution is 2.36. The number of hydrogen-bond donors (Lipinski definition) is 1. The van der Waals surface area contributed by atoms with Crippen molar-refractivity contribution in [2.24, 2.45) is 0 Å². The number of pyridine rings is 1. The SMILES string of the molecule is OC(C#Cc1nnn(Cc2cc(C(F)(F)F)cc(C(F)(F)F)c2)c1-c1ccncc1)c1ccccc1Cl. The molecule has 0 aliphatic heterocycles. The Balaban J connectivity index is 1.78. The highest BCUT2D eigenvalue weighted by Gasteiger charge is 2.37. The summed E-state index contributed by atoms with van der Waals surface area (Å²) in [6, 6.07) is 10.9. The van der Waals surface area contributed by atoms with Crippen molar-refractivity contribution in [1.82, 2.24) is 20.0 Å². The van der Waals surface area contributed by atoms with Crippen LogP contribution < -0.4 is 0 Å². The number of aromatic nitrogens is 4. The minimum atomic E-state index is -4.99. The number of alkyl halides is 6. The monoisotopic (exact) mass is 536 g/mol. The van der Waals surface area contributed by atoms with E-state index in [-0.39, 0.29) is 28.0 Å². The van der Waals surface area contributed by atoms with Gasteiger partial charge in [-0.25, -0.2) is 4.68 Å². The zero-order valence-corrected chi connectivity index (χ0v) is 19.3. The predicted molar refractivity (Wildman–Crippen MR) is 122 cm³/mol. The number of aliphatic hydroxyl groups is 1. The maximum absolute atomic E-state index is 13.3. The highest BCUT2D eigenvalue weighted by molar-refractivity contribution is 6.31. The lowest BCUT2D eigenvalue weighted by molar-refractivity contribution is -0.143. The smallest absolute Gasteiger partial charge is 0.376 e. The van der Waals surface area contributed by atoms with Crippen molar-refractivity contribution < 1.29 is 31.4 Å². The highest BCUT2D eigenvalue weighted by atomic mass is 35.5. The van der Waals surface area contributed by atoms with E-state index >= 15 is 0 Å². The molecule has 0 saturated carbocycles. The third-order valence-electron chi connectivity index (χ3n) is 5.20. The molecule has 0 saturated heterocycles. The van der Waals surface area contributed by atoms with Crippen LogP contribution in [0.4, 0.5) is 26.3 Å². The maximum atomic E-state index is 13.3. The van der Waals surface area contributed by atoms with Crippen molar-refractivity contribution in [3.05, 3.63) is 100.0 Å². The van der Waals surface area contributed by atoms with Crippen molar-refractivity contribution in [3.63, 3.8) is 0 Å². The van der Waals surface area contributed by atoms with Gasteiger partial charge >= 0.3 is 12.4 Å². The van der Waals surface area contributed by atoms with Crippen LogP contribution in [-0.4, -0.2) is 25.1 Å². The van der Waals surface area contributed by atoms with Crippen LogP contribution in [0.3, 0.4) is 0 Å². The topological polar surface area (TPSA) is 63.8 Å². The quantitative estimate of drug-likeness (QED) is 0.250. The second-order valence-electron chi connectivity index (χ2n) is 7.79. The Bertz CT molecular complexity index is 1440. The molecule has 0 bridgehead atoms. The van der Waals surface area contributed by atoms with Crippen LogP contribution in [0.15, 0.2) is 67.0 Å². The Morgan fingerprint density at radius 3 is 2.14 bits per heavy atom. The van der Waals surface area contributed by atoms with Crippen molar-refractivity contribution >= 4 is 11.6 Å². The van der Waals surface area contributed by atoms with Crippen LogP contribution >= 0.6 is 11.6 Å². The van der Waals surface area contributed by atoms with E-state index in [1.54, 1.807) is 36.4 Å². The van der Waals surface area contributed by atoms with Crippen LogP contribution in [0, 0.1) is 11.8 Å². The van der Waals surface area contributed by atoms with E-state index in [1.165, 1.54) is 12.4 Å². The summed E-state index contributed by atoms with van der Waals surface area (Å²) < 4.78 is 81.0. The van der Waals surface area contributed by atoms with Crippen LogP contribution in [0.5, 0.6) is 0 Å². The van der Waals surface area contributed by atoms with E-state index < -0.39 is 36.1 Å². The Hall–Kier alpha value is -3.88. The molecule has 0 amide bonds. The normalized spacial score (nSPS) is 12.6. The van der Waals surface area contributed by atoms with Crippen LogP contribution in [0.25, 0.3) is 11.3 Å². The van der Waals surface area contributed by atoms with E-state index in [0.717, 1.165) is 4.68 Å². The lowest BCUT2D eigenvalue weighted by Gasteiger charge is -2.15. The molecule has 1 unspecified atom stereocenters. The molecule has 1 N–H and O–H groups in total. The van der Waals surface area contributed by atoms with Gasteiger partial charge in [-0.15, -0.1) is 5.10 Å². The molecule has 5 nitrogen and oxygen atoms in total. The van der Waals surface area contributed by atoms with Crippen molar-refractivity contribution in [2.75, 3.05) is 0 Å². The number of rotatable bonds is 4. The van der Waals surface area contributed by atoms with Gasteiger partial charge in [-0.2, -0.15) is 26.3 Å². The maximum Gasteiger partial charge on any atom is 0.416 e. The number of benzene rings is 2. The second kappa shape index (κ2) is 10.2. The number of aliphatic hydroxyl groups excluding tert-OH is 1. The zero-order chi connectivity index (χ0) is 26.8. The molecule has 4 rings (SSSR count). The zero-order valence-electron chi connectivity index (χ0n) is 18.5. The molecule has 0 aliphatic carbocycles. The van der Waals surface area contributed by atoms with Crippen molar-refractivity contribution in [3.8, 4) is 23.1 Å². The van der Waals surface area contributed by atoms with Gasteiger partial charge in [0.1, 0.15) is 11.8 Å². The van der Waals surface area contributed by atoms with Crippen LogP contribution in [-0.2, 0) is 18.9 Å². The summed E-state index contributed by atoms with van der Waals surface area (Å²) in [7, 11) is 0. The van der Waals surface area contributed by atoms with Gasteiger partial charge < -0.3 is 5.11 Å². The summed E-state index contributed by atoms with van der Waals surface area (Å²) in [5.74, 6) is 5.27. The Morgan fingerprint density at radius 2 is 1.54 bits per heavy atom. The fourth-order valence-electron chi connectivity index (χ4n) is 3.50. The van der Waals surface area contributed by atoms with Gasteiger partial charge in [-0.05, 0) is 47.9 Å². The summed E-state index contributed by atoms with van der Waals surface area (Å²) >= 11 is 6.09. The van der Waals surface area contributed by atoms with Gasteiger partial charge in [0.05, 0.1) is 17.7 Å². The first-order valence-electron chi connectivity index (χ1n) is 10.5. The fraction of sp³-hybridized carbons (Fsp3) is 0.160. The van der Waals surface area contributed by atoms with Crippen molar-refractivity contribution in [1.29, 1.82) is 0 Å². The molecule has 0 radical (unpaired) electrons. The molecule has 0 fully saturated rings. The van der Waals surface area contributed by atoms with E-state index in [9.17, 15) is 31.4 Å². The summed E-state index contributed by atoms with van der Waals surface area (Å²) in [4.78, 5) is 3.91. The second-order valence-corrected chi connectivity index (χ2v) is 8.19. The standard InChI is InChI=1S/C25H15ClF6N4O/c26-20-4-2-1-3-19(20)22(37)6-5-21-23(16-7-9-33-10-8-16)36(35-34-21)14-15-11-17(24(27,28)29)13-18(12-15)25(30,31)32/h1-4,7-13,22,37H,14H2. The predicted octanol–water partition coefficient (Wildman–Crippen LogP) is 6.16. The lowest BCUT2D eigenvalue weighted by Crippen LogP contribution is -2.13. The molecule has 2 heterocycles. The van der Waals surface area contributed by atoms with Crippen molar-refractivity contribution in [2.45, 2.75) is 25.0 Å². The largest absolute Gasteiger partial charge is 0.416 e. The Kier molecular flexibility index (Phi) is 7.25. The Morgan fingerprint density at radius 1 is 0.919 bits per heavy atom. The van der Waals surface area contributed by atoms with Gasteiger partial charge in [0.2, 0.25) is 0 Å². The molecule has 4 aromatic rings. The first kappa shape index (κ1) is 26.2. The van der Waals surface area contributed by atoms with Gasteiger partial charge in [-0.1, -0.05) is 40.9 Å². The average molecular weight is 537 g/mol. The first-order valence-corrected chi connectivity index (χ1v) is 10.9. The number of halogens is 7. The van der Waals surface area contributed by atoms with Gasteiger partial charge in [-0.3, -0.25) is 4.98 Å². The molecule has 0 aliphatic rings. The average Bonchev–Trinajstić information content (AvgIpc) is 3.24. The molecule has 37 heavy (non-hydrogen) atoms. The van der Waals surface area contributed by atoms with E-state index in [1.807, 2.05) is 0 Å². The van der Waals surface area contributed by atoms with E-state index in [4.69, 9.17) is 11.6 Å². The third kappa shape index (κ3) is 6.10. The summed E-state index contributed by atoms with van der Waals surface area (Å²) in [5, 5.41) is 18.6. The molecular weight excluding hydrogens is 522 g/mol. The first-order chi connectivity index (χ1) is 17.4. The molecule has 12 heteroatoms. The third-order valence-corrected chi connectivity index (χ3v) is 5.54. The Labute approximate surface area is 211 Å². The molecule has 1 atom stereocenters. The van der Waals surface area contributed by atoms with Gasteiger partial charge in [0.15, 0.2) is 5.69 Å². The minimum absolute atomic E-state index is 0.0420. The molecule has 190 valence electrons. The van der Waals surface area contributed by atoms with Crippen LogP contribution in [0.2, 0.25) is 5.02 Å². The molecule has 2 aromatic carbocycles. The van der Waals surface area contributed by atoms with E-state index in [2.05, 4.69) is 27.1 Å².